The molecule has 3 saturated heterocycles. The number of hydrogen-bond donors (Lipinski definition) is 1. The number of aliphatic hydroxyl groups excluding tert-OH is 1. The number of hydrogen-bond acceptors (Lipinski definition) is 5. The third kappa shape index (κ3) is 4.10. The van der Waals surface area contributed by atoms with Gasteiger partial charge in [-0.2, -0.15) is 0 Å². The summed E-state index contributed by atoms with van der Waals surface area (Å²) in [5.74, 6) is -2.22. The summed E-state index contributed by atoms with van der Waals surface area (Å²) in [6, 6.07) is -1.50. The molecule has 3 rings (SSSR count). The summed E-state index contributed by atoms with van der Waals surface area (Å²) in [6.07, 6.45) is 5.03. The maximum Gasteiger partial charge on any atom is 0.249 e. The van der Waals surface area contributed by atoms with Crippen LogP contribution in [0.1, 0.15) is 60.8 Å². The smallest absolute Gasteiger partial charge is 0.249 e. The van der Waals surface area contributed by atoms with E-state index in [1.165, 1.54) is 0 Å². The zero-order valence-corrected chi connectivity index (χ0v) is 23.1. The molecule has 0 aliphatic carbocycles. The summed E-state index contributed by atoms with van der Waals surface area (Å²) in [5, 5.41) is 10.4. The number of aliphatic hydroxyl groups is 1. The molecule has 8 heteroatoms. The first kappa shape index (κ1) is 28.4. The minimum Gasteiger partial charge on any atom is -0.394 e. The summed E-state index contributed by atoms with van der Waals surface area (Å²) in [7, 11) is 1.71. The standard InChI is InChI=1S/C28H45N3O5/c1-10-15-29(9)23(33)20-21-24(34)31(19(17-32)18(4)5)22(25(35)30(16-11-2)26(6,7)8)28(21)14-13-27(20,12-3)36-28/h10-11,18-22,32H,1-2,12-17H2,3-9H3/t19-,20-,21-,22?,27+,28?/m0/s1. The monoisotopic (exact) mass is 503 g/mol. The summed E-state index contributed by atoms with van der Waals surface area (Å²) in [4.78, 5) is 47.4. The molecule has 1 spiro atoms. The number of amides is 3. The Kier molecular flexibility index (Phi) is 7.83. The van der Waals surface area contributed by atoms with Crippen LogP contribution in [0.15, 0.2) is 25.3 Å². The first-order valence-corrected chi connectivity index (χ1v) is 13.2. The van der Waals surface area contributed by atoms with Crippen LogP contribution in [0.25, 0.3) is 0 Å². The van der Waals surface area contributed by atoms with E-state index in [9.17, 15) is 19.5 Å². The van der Waals surface area contributed by atoms with Crippen molar-refractivity contribution in [2.45, 2.75) is 89.6 Å². The molecule has 0 radical (unpaired) electrons. The molecule has 2 unspecified atom stereocenters. The zero-order valence-electron chi connectivity index (χ0n) is 23.1. The summed E-state index contributed by atoms with van der Waals surface area (Å²) in [6.45, 7) is 19.7. The highest BCUT2D eigenvalue weighted by molar-refractivity contribution is 5.99. The maximum atomic E-state index is 14.4. The first-order valence-electron chi connectivity index (χ1n) is 13.2. The normalized spacial score (nSPS) is 32.0. The molecule has 36 heavy (non-hydrogen) atoms. The number of carbonyl (C=O) groups excluding carboxylic acids is 3. The van der Waals surface area contributed by atoms with E-state index in [-0.39, 0.29) is 30.2 Å². The largest absolute Gasteiger partial charge is 0.394 e. The Morgan fingerprint density at radius 1 is 1.19 bits per heavy atom. The van der Waals surface area contributed by atoms with Gasteiger partial charge in [0.25, 0.3) is 0 Å². The molecule has 8 nitrogen and oxygen atoms in total. The van der Waals surface area contributed by atoms with Crippen LogP contribution < -0.4 is 0 Å². The number of fused-ring (bicyclic) bond motifs is 1. The minimum atomic E-state index is -1.12. The Morgan fingerprint density at radius 3 is 2.28 bits per heavy atom. The highest BCUT2D eigenvalue weighted by Gasteiger charge is 2.79. The van der Waals surface area contributed by atoms with Crippen LogP contribution in [0.5, 0.6) is 0 Å². The number of nitrogens with zero attached hydrogens (tertiary/aromatic N) is 3. The van der Waals surface area contributed by atoms with E-state index in [1.54, 1.807) is 33.9 Å². The topological polar surface area (TPSA) is 90.4 Å². The Hall–Kier alpha value is -2.19. The molecule has 3 aliphatic heterocycles. The Morgan fingerprint density at radius 2 is 1.81 bits per heavy atom. The van der Waals surface area contributed by atoms with E-state index >= 15 is 0 Å². The van der Waals surface area contributed by atoms with Gasteiger partial charge in [-0.25, -0.2) is 0 Å². The van der Waals surface area contributed by atoms with Crippen molar-refractivity contribution in [1.29, 1.82) is 0 Å². The van der Waals surface area contributed by atoms with Crippen LogP contribution in [-0.4, -0.2) is 93.1 Å². The van der Waals surface area contributed by atoms with Gasteiger partial charge in [-0.3, -0.25) is 14.4 Å². The number of rotatable bonds is 10. The average molecular weight is 504 g/mol. The third-order valence-corrected chi connectivity index (χ3v) is 8.60. The van der Waals surface area contributed by atoms with Crippen molar-refractivity contribution in [2.24, 2.45) is 17.8 Å². The van der Waals surface area contributed by atoms with Gasteiger partial charge in [0, 0.05) is 25.7 Å². The molecule has 3 fully saturated rings. The highest BCUT2D eigenvalue weighted by Crippen LogP contribution is 2.65. The van der Waals surface area contributed by atoms with Crippen molar-refractivity contribution in [3.63, 3.8) is 0 Å². The lowest BCUT2D eigenvalue weighted by Crippen LogP contribution is -2.62. The number of carbonyl (C=O) groups is 3. The second-order valence-electron chi connectivity index (χ2n) is 12.0. The molecule has 0 aromatic rings. The van der Waals surface area contributed by atoms with Crippen LogP contribution in [0.2, 0.25) is 0 Å². The molecule has 0 aromatic heterocycles. The number of likely N-dealkylation sites (tertiary alicyclic amines) is 1. The average Bonchev–Trinajstić information content (AvgIpc) is 3.40. The predicted molar refractivity (Wildman–Crippen MR) is 139 cm³/mol. The van der Waals surface area contributed by atoms with Crippen LogP contribution in [0, 0.1) is 17.8 Å². The number of ether oxygens (including phenoxy) is 1. The minimum absolute atomic E-state index is 0.0955. The van der Waals surface area contributed by atoms with E-state index in [0.29, 0.717) is 32.4 Å². The first-order chi connectivity index (χ1) is 16.8. The maximum absolute atomic E-state index is 14.4. The SMILES string of the molecule is C=CCN(C)C(=O)[C@@H]1[C@H]2C(=O)N([C@@H](CO)C(C)C)C(C(=O)N(CC=C)C(C)(C)C)C23CC[C@@]1(CC)O3. The molecule has 3 aliphatic rings. The predicted octanol–water partition coefficient (Wildman–Crippen LogP) is 2.62. The fourth-order valence-electron chi connectivity index (χ4n) is 6.78. The van der Waals surface area contributed by atoms with E-state index in [4.69, 9.17) is 4.74 Å². The second-order valence-corrected chi connectivity index (χ2v) is 12.0. The molecule has 2 bridgehead atoms. The van der Waals surface area contributed by atoms with Gasteiger partial charge in [0.15, 0.2) is 0 Å². The van der Waals surface area contributed by atoms with Crippen molar-refractivity contribution >= 4 is 17.7 Å². The van der Waals surface area contributed by atoms with Gasteiger partial charge in [0.1, 0.15) is 11.6 Å². The van der Waals surface area contributed by atoms with E-state index in [1.807, 2.05) is 41.5 Å². The van der Waals surface area contributed by atoms with Gasteiger partial charge in [0.05, 0.1) is 30.1 Å². The lowest BCUT2D eigenvalue weighted by molar-refractivity contribution is -0.161. The quantitative estimate of drug-likeness (QED) is 0.463. The van der Waals surface area contributed by atoms with Gasteiger partial charge in [-0.1, -0.05) is 32.9 Å². The second kappa shape index (κ2) is 9.93. The Balaban J connectivity index is 2.22. The molecule has 0 aromatic carbocycles. The molecular formula is C28H45N3O5. The van der Waals surface area contributed by atoms with Crippen molar-refractivity contribution in [3.05, 3.63) is 25.3 Å². The Labute approximate surface area is 216 Å². The molecule has 1 N–H and O–H groups in total. The van der Waals surface area contributed by atoms with Gasteiger partial charge in [-0.05, 0) is 46.0 Å². The van der Waals surface area contributed by atoms with Crippen molar-refractivity contribution < 1.29 is 24.2 Å². The van der Waals surface area contributed by atoms with Crippen molar-refractivity contribution in [3.8, 4) is 0 Å². The van der Waals surface area contributed by atoms with Crippen LogP contribution in [0.3, 0.4) is 0 Å². The van der Waals surface area contributed by atoms with Crippen LogP contribution in [0.4, 0.5) is 0 Å². The molecule has 6 atom stereocenters. The summed E-state index contributed by atoms with van der Waals surface area (Å²) >= 11 is 0. The van der Waals surface area contributed by atoms with E-state index in [0.717, 1.165) is 0 Å². The molecule has 202 valence electrons. The molecule has 3 heterocycles. The number of likely N-dealkylation sites (N-methyl/N-ethyl adjacent to an activating group) is 1. The van der Waals surface area contributed by atoms with Crippen molar-refractivity contribution in [2.75, 3.05) is 26.7 Å². The van der Waals surface area contributed by atoms with Gasteiger partial charge in [-0.15, -0.1) is 13.2 Å². The highest BCUT2D eigenvalue weighted by atomic mass is 16.5. The Bertz CT molecular complexity index is 911. The zero-order chi connectivity index (χ0) is 27.2. The summed E-state index contributed by atoms with van der Waals surface area (Å²) < 4.78 is 6.84. The fraction of sp³-hybridized carbons (Fsp3) is 0.750. The van der Waals surface area contributed by atoms with E-state index < -0.39 is 40.7 Å². The van der Waals surface area contributed by atoms with E-state index in [2.05, 4.69) is 13.2 Å². The van der Waals surface area contributed by atoms with Crippen LogP contribution in [-0.2, 0) is 19.1 Å². The lowest BCUT2D eigenvalue weighted by Gasteiger charge is -2.44. The lowest BCUT2D eigenvalue weighted by atomic mass is 9.64. The van der Waals surface area contributed by atoms with Crippen LogP contribution >= 0.6 is 0 Å². The van der Waals surface area contributed by atoms with Gasteiger partial charge in [0.2, 0.25) is 17.7 Å². The van der Waals surface area contributed by atoms with Gasteiger partial charge < -0.3 is 24.5 Å². The molecule has 3 amide bonds. The summed E-state index contributed by atoms with van der Waals surface area (Å²) in [5.41, 5.74) is -2.44. The van der Waals surface area contributed by atoms with Gasteiger partial charge >= 0.3 is 0 Å². The van der Waals surface area contributed by atoms with Crippen molar-refractivity contribution in [1.82, 2.24) is 14.7 Å². The fourth-order valence-corrected chi connectivity index (χ4v) is 6.78. The third-order valence-electron chi connectivity index (χ3n) is 8.60. The molecular weight excluding hydrogens is 458 g/mol. The molecule has 0 saturated carbocycles.